The van der Waals surface area contributed by atoms with Crippen molar-refractivity contribution in [1.29, 1.82) is 0 Å². The van der Waals surface area contributed by atoms with Crippen LogP contribution in [-0.2, 0) is 17.9 Å². The number of carbonyl (C=O) groups is 1. The second-order valence-corrected chi connectivity index (χ2v) is 7.10. The van der Waals surface area contributed by atoms with Gasteiger partial charge in [0.2, 0.25) is 0 Å². The molecule has 0 N–H and O–H groups in total. The molecule has 0 saturated carbocycles. The maximum Gasteiger partial charge on any atom is 0.329 e. The molecule has 0 fully saturated rings. The maximum absolute atomic E-state index is 12.9. The first-order valence-electron chi connectivity index (χ1n) is 8.13. The summed E-state index contributed by atoms with van der Waals surface area (Å²) in [7, 11) is 0. The largest absolute Gasteiger partial charge is 0.329 e. The van der Waals surface area contributed by atoms with Crippen LogP contribution in [0.25, 0.3) is 11.0 Å². The van der Waals surface area contributed by atoms with Gasteiger partial charge in [-0.15, -0.1) is 0 Å². The minimum atomic E-state index is -0.470. The molecule has 0 saturated heterocycles. The lowest BCUT2D eigenvalue weighted by Gasteiger charge is -2.16. The van der Waals surface area contributed by atoms with Crippen molar-refractivity contribution in [3.8, 4) is 0 Å². The summed E-state index contributed by atoms with van der Waals surface area (Å²) >= 11 is 0. The monoisotopic (exact) mass is 322 g/mol. The van der Waals surface area contributed by atoms with Gasteiger partial charge in [0.05, 0.1) is 24.1 Å². The molecular formula is C20H22N2O2. The molecule has 24 heavy (non-hydrogen) atoms. The molecule has 0 bridgehead atoms. The number of rotatable bonds is 4. The van der Waals surface area contributed by atoms with Crippen molar-refractivity contribution < 1.29 is 4.79 Å². The number of para-hydroxylation sites is 2. The van der Waals surface area contributed by atoms with Crippen LogP contribution in [0.15, 0.2) is 59.4 Å². The van der Waals surface area contributed by atoms with Gasteiger partial charge >= 0.3 is 5.69 Å². The zero-order valence-corrected chi connectivity index (χ0v) is 14.3. The van der Waals surface area contributed by atoms with Crippen molar-refractivity contribution in [2.45, 2.75) is 33.9 Å². The Balaban J connectivity index is 2.09. The predicted octanol–water partition coefficient (Wildman–Crippen LogP) is 3.47. The number of hydrogen-bond acceptors (Lipinski definition) is 2. The molecule has 0 atom stereocenters. The zero-order chi connectivity index (χ0) is 17.3. The van der Waals surface area contributed by atoms with Gasteiger partial charge in [0.25, 0.3) is 0 Å². The zero-order valence-electron chi connectivity index (χ0n) is 14.3. The van der Waals surface area contributed by atoms with E-state index in [0.717, 1.165) is 16.6 Å². The third-order valence-electron chi connectivity index (χ3n) is 4.25. The highest BCUT2D eigenvalue weighted by Crippen LogP contribution is 2.19. The fraction of sp³-hybridized carbons (Fsp3) is 0.300. The number of benzene rings is 2. The Morgan fingerprint density at radius 2 is 1.42 bits per heavy atom. The minimum absolute atomic E-state index is 0.0483. The second kappa shape index (κ2) is 6.11. The van der Waals surface area contributed by atoms with Gasteiger partial charge in [-0.2, -0.15) is 0 Å². The molecule has 2 aromatic carbocycles. The summed E-state index contributed by atoms with van der Waals surface area (Å²) in [6, 6.07) is 17.5. The molecule has 3 rings (SSSR count). The Hall–Kier alpha value is -2.62. The van der Waals surface area contributed by atoms with Crippen molar-refractivity contribution in [3.63, 3.8) is 0 Å². The molecule has 4 nitrogen and oxygen atoms in total. The molecule has 0 radical (unpaired) electrons. The van der Waals surface area contributed by atoms with E-state index in [4.69, 9.17) is 0 Å². The first-order chi connectivity index (χ1) is 11.4. The third-order valence-corrected chi connectivity index (χ3v) is 4.25. The molecule has 4 heteroatoms. The summed E-state index contributed by atoms with van der Waals surface area (Å²) in [4.78, 5) is 25.4. The van der Waals surface area contributed by atoms with Crippen LogP contribution in [0.1, 0.15) is 26.3 Å². The summed E-state index contributed by atoms with van der Waals surface area (Å²) in [5, 5.41) is 0. The van der Waals surface area contributed by atoms with E-state index < -0.39 is 5.41 Å². The second-order valence-electron chi connectivity index (χ2n) is 7.10. The summed E-state index contributed by atoms with van der Waals surface area (Å²) < 4.78 is 3.33. The normalized spacial score (nSPS) is 11.8. The lowest BCUT2D eigenvalue weighted by molar-refractivity contribution is -0.126. The molecule has 124 valence electrons. The van der Waals surface area contributed by atoms with Crippen LogP contribution in [0.3, 0.4) is 0 Å². The summed E-state index contributed by atoms with van der Waals surface area (Å²) in [6.07, 6.45) is 0. The molecule has 0 unspecified atom stereocenters. The Labute approximate surface area is 141 Å². The lowest BCUT2D eigenvalue weighted by Crippen LogP contribution is -2.32. The van der Waals surface area contributed by atoms with Crippen LogP contribution < -0.4 is 5.69 Å². The highest BCUT2D eigenvalue weighted by Gasteiger charge is 2.24. The number of hydrogen-bond donors (Lipinski definition) is 0. The molecule has 0 aliphatic rings. The van der Waals surface area contributed by atoms with Gasteiger partial charge in [0.1, 0.15) is 0 Å². The molecule has 1 heterocycles. The fourth-order valence-corrected chi connectivity index (χ4v) is 2.72. The Bertz CT molecular complexity index is 928. The van der Waals surface area contributed by atoms with E-state index in [1.54, 1.807) is 9.13 Å². The van der Waals surface area contributed by atoms with Crippen LogP contribution in [0.4, 0.5) is 0 Å². The quantitative estimate of drug-likeness (QED) is 0.738. The van der Waals surface area contributed by atoms with Gasteiger partial charge in [-0.1, -0.05) is 63.2 Å². The number of Topliss-reactive ketones (excluding diaryl/α,β-unsaturated/α-hetero) is 1. The van der Waals surface area contributed by atoms with Gasteiger partial charge in [-0.25, -0.2) is 4.79 Å². The number of nitrogens with zero attached hydrogens (tertiary/aromatic N) is 2. The molecule has 0 aliphatic heterocycles. The third kappa shape index (κ3) is 3.04. The average molecular weight is 322 g/mol. The highest BCUT2D eigenvalue weighted by atomic mass is 16.2. The lowest BCUT2D eigenvalue weighted by atomic mass is 9.91. The Kier molecular flexibility index (Phi) is 4.14. The Morgan fingerprint density at radius 3 is 2.00 bits per heavy atom. The van der Waals surface area contributed by atoms with E-state index >= 15 is 0 Å². The van der Waals surface area contributed by atoms with Crippen molar-refractivity contribution in [1.82, 2.24) is 9.13 Å². The first-order valence-corrected chi connectivity index (χ1v) is 8.13. The maximum atomic E-state index is 12.9. The van der Waals surface area contributed by atoms with Crippen LogP contribution >= 0.6 is 0 Å². The van der Waals surface area contributed by atoms with Crippen molar-refractivity contribution >= 4 is 16.8 Å². The van der Waals surface area contributed by atoms with Gasteiger partial charge in [0.15, 0.2) is 5.78 Å². The minimum Gasteiger partial charge on any atom is -0.297 e. The van der Waals surface area contributed by atoms with E-state index in [1.165, 1.54) is 0 Å². The number of fused-ring (bicyclic) bond motifs is 1. The van der Waals surface area contributed by atoms with E-state index in [0.29, 0.717) is 6.54 Å². The smallest absolute Gasteiger partial charge is 0.297 e. The fourth-order valence-electron chi connectivity index (χ4n) is 2.72. The number of aromatic nitrogens is 2. The first kappa shape index (κ1) is 16.2. The van der Waals surface area contributed by atoms with Crippen LogP contribution in [0.2, 0.25) is 0 Å². The highest BCUT2D eigenvalue weighted by molar-refractivity contribution is 5.85. The summed E-state index contributed by atoms with van der Waals surface area (Å²) in [5.74, 6) is 0.0483. The number of ketones is 1. The molecule has 0 amide bonds. The molecule has 0 aliphatic carbocycles. The summed E-state index contributed by atoms with van der Waals surface area (Å²) in [6.45, 7) is 6.23. The van der Waals surface area contributed by atoms with Gasteiger partial charge in [-0.05, 0) is 17.7 Å². The van der Waals surface area contributed by atoms with E-state index in [1.807, 2.05) is 75.4 Å². The molecule has 3 aromatic rings. The van der Waals surface area contributed by atoms with E-state index in [-0.39, 0.29) is 18.0 Å². The topological polar surface area (TPSA) is 44.0 Å². The standard InChI is InChI=1S/C20H22N2O2/c1-20(2,3)18(23)14-22-17-12-8-7-11-16(17)21(19(22)24)13-15-9-5-4-6-10-15/h4-12H,13-14H2,1-3H3. The van der Waals surface area contributed by atoms with Crippen molar-refractivity contribution in [2.24, 2.45) is 5.41 Å². The van der Waals surface area contributed by atoms with Crippen LogP contribution in [0, 0.1) is 5.41 Å². The van der Waals surface area contributed by atoms with E-state index in [9.17, 15) is 9.59 Å². The number of imidazole rings is 1. The average Bonchev–Trinajstić information content (AvgIpc) is 2.81. The van der Waals surface area contributed by atoms with Gasteiger partial charge < -0.3 is 0 Å². The number of carbonyl (C=O) groups excluding carboxylic acids is 1. The van der Waals surface area contributed by atoms with Gasteiger partial charge in [-0.3, -0.25) is 13.9 Å². The van der Waals surface area contributed by atoms with Crippen molar-refractivity contribution in [3.05, 3.63) is 70.6 Å². The van der Waals surface area contributed by atoms with Gasteiger partial charge in [0, 0.05) is 5.41 Å². The van der Waals surface area contributed by atoms with E-state index in [2.05, 4.69) is 0 Å². The SMILES string of the molecule is CC(C)(C)C(=O)Cn1c(=O)n(Cc2ccccc2)c2ccccc21. The predicted molar refractivity (Wildman–Crippen MR) is 96.2 cm³/mol. The van der Waals surface area contributed by atoms with Crippen LogP contribution in [-0.4, -0.2) is 14.9 Å². The van der Waals surface area contributed by atoms with Crippen LogP contribution in [0.5, 0.6) is 0 Å². The Morgan fingerprint density at radius 1 is 0.875 bits per heavy atom. The molecule has 0 spiro atoms. The molecular weight excluding hydrogens is 300 g/mol. The molecule has 1 aromatic heterocycles. The summed E-state index contributed by atoms with van der Waals surface area (Å²) in [5.41, 5.74) is 2.11. The van der Waals surface area contributed by atoms with Crippen molar-refractivity contribution in [2.75, 3.05) is 0 Å².